The molecule has 9 nitrogen and oxygen atoms in total. The minimum atomic E-state index is -0.571. The van der Waals surface area contributed by atoms with Gasteiger partial charge in [-0.05, 0) is 31.0 Å². The molecule has 2 amide bonds. The predicted molar refractivity (Wildman–Crippen MR) is 112 cm³/mol. The number of pyridine rings is 1. The van der Waals surface area contributed by atoms with E-state index in [4.69, 9.17) is 10.5 Å². The number of rotatable bonds is 8. The molecule has 9 heteroatoms. The first-order valence-electron chi connectivity index (χ1n) is 9.92. The number of nitrogens with one attached hydrogen (secondary N) is 1. The molecular weight excluding hydrogens is 384 g/mol. The second kappa shape index (κ2) is 8.40. The number of nitrogens with two attached hydrogens (primary N) is 1. The SMILES string of the molecule is Cn1ncc2cc(C(N)=O)c(Oc3ccc(NCCCN4CCCC4=O)nc3)cc21. The topological polar surface area (TPSA) is 115 Å². The van der Waals surface area contributed by atoms with Crippen LogP contribution in [0.15, 0.2) is 36.7 Å². The van der Waals surface area contributed by atoms with E-state index in [2.05, 4.69) is 15.4 Å². The number of likely N-dealkylation sites (tertiary alicyclic amines) is 1. The first-order chi connectivity index (χ1) is 14.5. The third-order valence-corrected chi connectivity index (χ3v) is 5.16. The van der Waals surface area contributed by atoms with Gasteiger partial charge < -0.3 is 20.7 Å². The lowest BCUT2D eigenvalue weighted by molar-refractivity contribution is -0.127. The first-order valence-corrected chi connectivity index (χ1v) is 9.92. The molecule has 0 bridgehead atoms. The van der Waals surface area contributed by atoms with Gasteiger partial charge in [-0.2, -0.15) is 5.10 Å². The summed E-state index contributed by atoms with van der Waals surface area (Å²) in [6.07, 6.45) is 5.75. The smallest absolute Gasteiger partial charge is 0.252 e. The monoisotopic (exact) mass is 408 g/mol. The molecule has 1 aliphatic heterocycles. The molecule has 1 saturated heterocycles. The molecule has 30 heavy (non-hydrogen) atoms. The molecule has 4 rings (SSSR count). The summed E-state index contributed by atoms with van der Waals surface area (Å²) >= 11 is 0. The van der Waals surface area contributed by atoms with Crippen LogP contribution in [0.1, 0.15) is 29.6 Å². The quantitative estimate of drug-likeness (QED) is 0.553. The number of fused-ring (bicyclic) bond motifs is 1. The van der Waals surface area contributed by atoms with Crippen LogP contribution in [-0.2, 0) is 11.8 Å². The van der Waals surface area contributed by atoms with Crippen LogP contribution in [0.3, 0.4) is 0 Å². The van der Waals surface area contributed by atoms with E-state index in [0.29, 0.717) is 23.7 Å². The number of benzene rings is 1. The molecule has 0 radical (unpaired) electrons. The highest BCUT2D eigenvalue weighted by atomic mass is 16.5. The van der Waals surface area contributed by atoms with Gasteiger partial charge in [-0.3, -0.25) is 14.3 Å². The highest BCUT2D eigenvalue weighted by Crippen LogP contribution is 2.30. The van der Waals surface area contributed by atoms with Crippen molar-refractivity contribution in [3.63, 3.8) is 0 Å². The summed E-state index contributed by atoms with van der Waals surface area (Å²) in [6, 6.07) is 7.00. The van der Waals surface area contributed by atoms with Crippen LogP contribution in [0.2, 0.25) is 0 Å². The zero-order valence-electron chi connectivity index (χ0n) is 16.8. The highest BCUT2D eigenvalue weighted by molar-refractivity contribution is 6.00. The zero-order valence-corrected chi connectivity index (χ0v) is 16.8. The van der Waals surface area contributed by atoms with Crippen LogP contribution in [0.25, 0.3) is 10.9 Å². The van der Waals surface area contributed by atoms with Gasteiger partial charge in [-0.15, -0.1) is 0 Å². The average molecular weight is 408 g/mol. The highest BCUT2D eigenvalue weighted by Gasteiger charge is 2.19. The van der Waals surface area contributed by atoms with Gasteiger partial charge in [0.1, 0.15) is 17.3 Å². The van der Waals surface area contributed by atoms with E-state index in [1.165, 1.54) is 0 Å². The number of amides is 2. The molecule has 0 unspecified atom stereocenters. The Labute approximate surface area is 173 Å². The van der Waals surface area contributed by atoms with E-state index in [0.717, 1.165) is 43.4 Å². The van der Waals surface area contributed by atoms with Crippen LogP contribution in [0, 0.1) is 0 Å². The number of nitrogens with zero attached hydrogens (tertiary/aromatic N) is 4. The van der Waals surface area contributed by atoms with Crippen LogP contribution >= 0.6 is 0 Å². The Morgan fingerprint density at radius 1 is 1.30 bits per heavy atom. The van der Waals surface area contributed by atoms with Gasteiger partial charge in [-0.1, -0.05) is 0 Å². The number of aromatic nitrogens is 3. The minimum Gasteiger partial charge on any atom is -0.455 e. The fourth-order valence-electron chi connectivity index (χ4n) is 3.56. The Kier molecular flexibility index (Phi) is 5.51. The van der Waals surface area contributed by atoms with Crippen LogP contribution in [-0.4, -0.2) is 51.1 Å². The van der Waals surface area contributed by atoms with Gasteiger partial charge in [0.25, 0.3) is 5.91 Å². The van der Waals surface area contributed by atoms with Crippen LogP contribution in [0.4, 0.5) is 5.82 Å². The number of carbonyl (C=O) groups excluding carboxylic acids is 2. The molecule has 0 aliphatic carbocycles. The van der Waals surface area contributed by atoms with E-state index in [9.17, 15) is 9.59 Å². The summed E-state index contributed by atoms with van der Waals surface area (Å²) in [4.78, 5) is 29.7. The van der Waals surface area contributed by atoms with E-state index in [1.807, 2.05) is 18.0 Å². The Morgan fingerprint density at radius 3 is 2.87 bits per heavy atom. The van der Waals surface area contributed by atoms with Gasteiger partial charge in [0, 0.05) is 44.6 Å². The van der Waals surface area contributed by atoms with Crippen LogP contribution < -0.4 is 15.8 Å². The van der Waals surface area contributed by atoms with Crippen molar-refractivity contribution in [1.82, 2.24) is 19.7 Å². The maximum Gasteiger partial charge on any atom is 0.252 e. The maximum absolute atomic E-state index is 11.8. The molecule has 156 valence electrons. The molecule has 0 spiro atoms. The second-order valence-corrected chi connectivity index (χ2v) is 7.29. The second-order valence-electron chi connectivity index (χ2n) is 7.29. The first kappa shape index (κ1) is 19.7. The summed E-state index contributed by atoms with van der Waals surface area (Å²) in [5, 5.41) is 8.24. The average Bonchev–Trinajstić information content (AvgIpc) is 3.31. The lowest BCUT2D eigenvalue weighted by Gasteiger charge is -2.15. The van der Waals surface area contributed by atoms with E-state index in [-0.39, 0.29) is 11.5 Å². The van der Waals surface area contributed by atoms with Crippen molar-refractivity contribution in [2.75, 3.05) is 25.0 Å². The number of anilines is 1. The van der Waals surface area contributed by atoms with Crippen molar-refractivity contribution in [3.05, 3.63) is 42.2 Å². The summed E-state index contributed by atoms with van der Waals surface area (Å²) in [5.74, 6) is 1.24. The molecule has 3 heterocycles. The number of primary amides is 1. The Hall–Kier alpha value is -3.62. The van der Waals surface area contributed by atoms with E-state index >= 15 is 0 Å². The summed E-state index contributed by atoms with van der Waals surface area (Å²) in [6.45, 7) is 2.35. The predicted octanol–water partition coefficient (Wildman–Crippen LogP) is 2.28. The van der Waals surface area contributed by atoms with E-state index in [1.54, 1.807) is 35.3 Å². The van der Waals surface area contributed by atoms with Crippen LogP contribution in [0.5, 0.6) is 11.5 Å². The van der Waals surface area contributed by atoms with Crippen molar-refractivity contribution in [2.45, 2.75) is 19.3 Å². The van der Waals surface area contributed by atoms with Crippen molar-refractivity contribution < 1.29 is 14.3 Å². The van der Waals surface area contributed by atoms with Crippen molar-refractivity contribution in [2.24, 2.45) is 12.8 Å². The molecule has 2 aromatic heterocycles. The summed E-state index contributed by atoms with van der Waals surface area (Å²) < 4.78 is 7.59. The minimum absolute atomic E-state index is 0.245. The summed E-state index contributed by atoms with van der Waals surface area (Å²) in [7, 11) is 1.82. The number of hydrogen-bond donors (Lipinski definition) is 2. The number of carbonyl (C=O) groups is 2. The summed E-state index contributed by atoms with van der Waals surface area (Å²) in [5.41, 5.74) is 6.63. The fraction of sp³-hybridized carbons (Fsp3) is 0.333. The molecule has 1 aromatic carbocycles. The molecule has 1 fully saturated rings. The van der Waals surface area contributed by atoms with E-state index < -0.39 is 5.91 Å². The standard InChI is InChI=1S/C21H24N6O3/c1-26-17-11-18(16(21(22)29)10-14(17)12-25-26)30-15-5-6-19(24-13-15)23-7-3-9-27-8-2-4-20(27)28/h5-6,10-13H,2-4,7-9H2,1H3,(H2,22,29)(H,23,24). The van der Waals surface area contributed by atoms with Gasteiger partial charge >= 0.3 is 0 Å². The lowest BCUT2D eigenvalue weighted by atomic mass is 10.1. The molecule has 0 atom stereocenters. The Balaban J connectivity index is 1.38. The Bertz CT molecular complexity index is 1080. The zero-order chi connectivity index (χ0) is 21.1. The number of aryl methyl sites for hydroxylation is 1. The lowest BCUT2D eigenvalue weighted by Crippen LogP contribution is -2.27. The number of ether oxygens (including phenoxy) is 1. The van der Waals surface area contributed by atoms with Gasteiger partial charge in [0.2, 0.25) is 5.91 Å². The third kappa shape index (κ3) is 4.19. The molecule has 1 aliphatic rings. The van der Waals surface area contributed by atoms with Crippen molar-refractivity contribution in [3.8, 4) is 11.5 Å². The fourth-order valence-corrected chi connectivity index (χ4v) is 3.56. The van der Waals surface area contributed by atoms with Gasteiger partial charge in [0.05, 0.1) is 23.5 Å². The molecular formula is C21H24N6O3. The number of hydrogen-bond acceptors (Lipinski definition) is 6. The largest absolute Gasteiger partial charge is 0.455 e. The Morgan fingerprint density at radius 2 is 2.17 bits per heavy atom. The molecule has 3 N–H and O–H groups in total. The maximum atomic E-state index is 11.8. The van der Waals surface area contributed by atoms with Crippen molar-refractivity contribution in [1.29, 1.82) is 0 Å². The molecule has 0 saturated carbocycles. The third-order valence-electron chi connectivity index (χ3n) is 5.16. The van der Waals surface area contributed by atoms with Gasteiger partial charge in [-0.25, -0.2) is 4.98 Å². The normalized spacial score (nSPS) is 13.8. The molecule has 3 aromatic rings. The van der Waals surface area contributed by atoms with Gasteiger partial charge in [0.15, 0.2) is 0 Å². The van der Waals surface area contributed by atoms with Crippen molar-refractivity contribution >= 4 is 28.5 Å².